The van der Waals surface area contributed by atoms with Crippen LogP contribution in [0.4, 0.5) is 11.4 Å². The van der Waals surface area contributed by atoms with Crippen LogP contribution in [0.25, 0.3) is 0 Å². The van der Waals surface area contributed by atoms with Gasteiger partial charge in [0, 0.05) is 24.3 Å². The number of nitro benzene ring substituents is 2. The number of ether oxygens (including phenoxy) is 1. The van der Waals surface area contributed by atoms with Gasteiger partial charge >= 0.3 is 5.97 Å². The van der Waals surface area contributed by atoms with Gasteiger partial charge in [0.05, 0.1) is 15.4 Å². The molecule has 0 saturated carbocycles. The third-order valence-electron chi connectivity index (χ3n) is 3.33. The number of benzene rings is 3. The highest BCUT2D eigenvalue weighted by Crippen LogP contribution is 2.18. The minimum absolute atomic E-state index is 0.0159. The van der Waals surface area contributed by atoms with Crippen LogP contribution >= 0.6 is 0 Å². The number of rotatable bonds is 4. The molecule has 3 aromatic carbocycles. The summed E-state index contributed by atoms with van der Waals surface area (Å²) in [6.07, 6.45) is 0. The van der Waals surface area contributed by atoms with Gasteiger partial charge in [-0.15, -0.1) is 0 Å². The summed E-state index contributed by atoms with van der Waals surface area (Å²) in [4.78, 5) is 31.1. The van der Waals surface area contributed by atoms with Gasteiger partial charge in [-0.1, -0.05) is 18.2 Å². The molecule has 1 N–H and O–H groups in total. The molecule has 0 spiro atoms. The molecule has 0 unspecified atom stereocenters. The third kappa shape index (κ3) is 5.92. The monoisotopic (exact) mass is 382 g/mol. The van der Waals surface area contributed by atoms with Gasteiger partial charge < -0.3 is 9.84 Å². The molecule has 0 aliphatic heterocycles. The van der Waals surface area contributed by atoms with Crippen molar-refractivity contribution in [1.29, 1.82) is 0 Å². The number of phenols is 1. The number of hydrogen-bond donors (Lipinski definition) is 1. The van der Waals surface area contributed by atoms with Gasteiger partial charge in [-0.25, -0.2) is 4.79 Å². The Bertz CT molecular complexity index is 956. The first kappa shape index (κ1) is 20.0. The summed E-state index contributed by atoms with van der Waals surface area (Å²) in [6, 6.07) is 18.9. The van der Waals surface area contributed by atoms with Gasteiger partial charge in [0.2, 0.25) is 0 Å². The average molecular weight is 382 g/mol. The van der Waals surface area contributed by atoms with Crippen LogP contribution in [0.5, 0.6) is 11.5 Å². The van der Waals surface area contributed by atoms with Crippen LogP contribution in [0.3, 0.4) is 0 Å². The van der Waals surface area contributed by atoms with E-state index in [0.717, 1.165) is 0 Å². The number of esters is 1. The van der Waals surface area contributed by atoms with Gasteiger partial charge in [-0.3, -0.25) is 20.2 Å². The van der Waals surface area contributed by atoms with Crippen molar-refractivity contribution in [3.63, 3.8) is 0 Å². The van der Waals surface area contributed by atoms with E-state index < -0.39 is 15.8 Å². The molecule has 0 heterocycles. The van der Waals surface area contributed by atoms with Crippen molar-refractivity contribution < 1.29 is 24.5 Å². The fourth-order valence-corrected chi connectivity index (χ4v) is 1.95. The number of carbonyl (C=O) groups is 1. The molecule has 0 aliphatic rings. The molecule has 0 fully saturated rings. The predicted octanol–water partition coefficient (Wildman–Crippen LogP) is 4.11. The van der Waals surface area contributed by atoms with Gasteiger partial charge in [0.25, 0.3) is 11.4 Å². The van der Waals surface area contributed by atoms with Crippen LogP contribution in [0, 0.1) is 20.2 Å². The highest BCUT2D eigenvalue weighted by Gasteiger charge is 2.09. The van der Waals surface area contributed by atoms with E-state index in [1.54, 1.807) is 30.3 Å². The standard InChI is InChI=1S/C13H9NO4.C6H5NO3/c15-13(10-4-2-1-3-5-10)18-12-8-6-11(7-9-12)14(16)17;8-6-3-1-5(2-4-6)7(9)10/h1-9H;1-4,8H. The lowest BCUT2D eigenvalue weighted by Gasteiger charge is -2.03. The van der Waals surface area contributed by atoms with Crippen molar-refractivity contribution in [2.45, 2.75) is 0 Å². The van der Waals surface area contributed by atoms with Crippen molar-refractivity contribution in [3.05, 3.63) is 105 Å². The zero-order valence-corrected chi connectivity index (χ0v) is 14.3. The van der Waals surface area contributed by atoms with E-state index in [0.29, 0.717) is 5.56 Å². The number of hydrogen-bond acceptors (Lipinski definition) is 7. The summed E-state index contributed by atoms with van der Waals surface area (Å²) < 4.78 is 5.07. The molecule has 9 heteroatoms. The number of carbonyl (C=O) groups excluding carboxylic acids is 1. The maximum atomic E-state index is 11.7. The minimum atomic E-state index is -0.514. The maximum absolute atomic E-state index is 11.7. The van der Waals surface area contributed by atoms with E-state index in [-0.39, 0.29) is 22.9 Å². The summed E-state index contributed by atoms with van der Waals surface area (Å²) in [5.74, 6) is -0.190. The lowest BCUT2D eigenvalue weighted by atomic mass is 10.2. The molecule has 3 rings (SSSR count). The Balaban J connectivity index is 0.000000237. The molecule has 0 radical (unpaired) electrons. The number of aromatic hydroxyl groups is 1. The fraction of sp³-hybridized carbons (Fsp3) is 0. The second kappa shape index (κ2) is 9.43. The lowest BCUT2D eigenvalue weighted by molar-refractivity contribution is -0.385. The number of non-ortho nitro benzene ring substituents is 2. The van der Waals surface area contributed by atoms with E-state index in [4.69, 9.17) is 9.84 Å². The lowest BCUT2D eigenvalue weighted by Crippen LogP contribution is -2.07. The zero-order valence-electron chi connectivity index (χ0n) is 14.3. The Morgan fingerprint density at radius 3 is 1.68 bits per heavy atom. The normalized spacial score (nSPS) is 9.57. The van der Waals surface area contributed by atoms with Crippen molar-refractivity contribution in [3.8, 4) is 11.5 Å². The van der Waals surface area contributed by atoms with Gasteiger partial charge in [0.15, 0.2) is 0 Å². The van der Waals surface area contributed by atoms with Crippen LogP contribution in [-0.4, -0.2) is 20.9 Å². The van der Waals surface area contributed by atoms with Crippen molar-refractivity contribution in [2.24, 2.45) is 0 Å². The van der Waals surface area contributed by atoms with E-state index in [1.165, 1.54) is 48.5 Å². The summed E-state index contributed by atoms with van der Waals surface area (Å²) in [5.41, 5.74) is 0.364. The molecule has 0 bridgehead atoms. The molecule has 142 valence electrons. The topological polar surface area (TPSA) is 133 Å². The van der Waals surface area contributed by atoms with E-state index >= 15 is 0 Å². The van der Waals surface area contributed by atoms with Gasteiger partial charge in [-0.2, -0.15) is 0 Å². The maximum Gasteiger partial charge on any atom is 0.343 e. The fourth-order valence-electron chi connectivity index (χ4n) is 1.95. The van der Waals surface area contributed by atoms with Gasteiger partial charge in [-0.05, 0) is 36.4 Å². The molecule has 3 aromatic rings. The quantitative estimate of drug-likeness (QED) is 0.310. The third-order valence-corrected chi connectivity index (χ3v) is 3.33. The number of nitrogens with zero attached hydrogens (tertiary/aromatic N) is 2. The van der Waals surface area contributed by atoms with Gasteiger partial charge in [0.1, 0.15) is 11.5 Å². The molecule has 0 aliphatic carbocycles. The minimum Gasteiger partial charge on any atom is -0.508 e. The first-order chi connectivity index (χ1) is 13.4. The molecule has 0 aromatic heterocycles. The Morgan fingerprint density at radius 1 is 0.750 bits per heavy atom. The Labute approximate surface area is 158 Å². The zero-order chi connectivity index (χ0) is 20.5. The van der Waals surface area contributed by atoms with Crippen molar-refractivity contribution in [1.82, 2.24) is 0 Å². The second-order valence-corrected chi connectivity index (χ2v) is 5.28. The molecular weight excluding hydrogens is 368 g/mol. The smallest absolute Gasteiger partial charge is 0.343 e. The largest absolute Gasteiger partial charge is 0.508 e. The molecule has 0 saturated heterocycles. The Morgan fingerprint density at radius 2 is 1.21 bits per heavy atom. The highest BCUT2D eigenvalue weighted by molar-refractivity contribution is 5.90. The first-order valence-electron chi connectivity index (χ1n) is 7.82. The van der Waals surface area contributed by atoms with E-state index in [2.05, 4.69) is 0 Å². The summed E-state index contributed by atoms with van der Waals surface area (Å²) in [5, 5.41) is 29.2. The second-order valence-electron chi connectivity index (χ2n) is 5.28. The summed E-state index contributed by atoms with van der Waals surface area (Å²) in [7, 11) is 0. The van der Waals surface area contributed by atoms with Crippen LogP contribution in [0.15, 0.2) is 78.9 Å². The Kier molecular flexibility index (Phi) is 6.75. The van der Waals surface area contributed by atoms with E-state index in [1.807, 2.05) is 0 Å². The number of nitro groups is 2. The highest BCUT2D eigenvalue weighted by atomic mass is 16.6. The van der Waals surface area contributed by atoms with E-state index in [9.17, 15) is 25.0 Å². The summed E-state index contributed by atoms with van der Waals surface area (Å²) >= 11 is 0. The van der Waals surface area contributed by atoms with Crippen molar-refractivity contribution in [2.75, 3.05) is 0 Å². The number of phenolic OH excluding ortho intramolecular Hbond substituents is 1. The average Bonchev–Trinajstić information content (AvgIpc) is 2.70. The SMILES string of the molecule is O=C(Oc1ccc([N+](=O)[O-])cc1)c1ccccc1.O=[N+]([O-])c1ccc(O)cc1. The summed E-state index contributed by atoms with van der Waals surface area (Å²) in [6.45, 7) is 0. The van der Waals surface area contributed by atoms with Crippen LogP contribution in [0.2, 0.25) is 0 Å². The van der Waals surface area contributed by atoms with Crippen LogP contribution < -0.4 is 4.74 Å². The molecule has 28 heavy (non-hydrogen) atoms. The molecule has 0 atom stereocenters. The Hall–Kier alpha value is -4.27. The molecule has 0 amide bonds. The molecule has 9 nitrogen and oxygen atoms in total. The first-order valence-corrected chi connectivity index (χ1v) is 7.82. The molecular formula is C19H14N2O7. The predicted molar refractivity (Wildman–Crippen MR) is 99.3 cm³/mol. The van der Waals surface area contributed by atoms with Crippen LogP contribution in [0.1, 0.15) is 10.4 Å². The van der Waals surface area contributed by atoms with Crippen molar-refractivity contribution >= 4 is 17.3 Å². The van der Waals surface area contributed by atoms with Crippen LogP contribution in [-0.2, 0) is 0 Å².